The number of morpholine rings is 1. The number of rotatable bonds is 42. The Morgan fingerprint density at radius 1 is 0.448 bits per heavy atom. The van der Waals surface area contributed by atoms with Crippen LogP contribution in [0, 0.1) is 0 Å². The van der Waals surface area contributed by atoms with Crippen LogP contribution in [0.25, 0.3) is 0 Å². The number of carbonyl (C=O) groups excluding carboxylic acids is 1. The zero-order valence-electron chi connectivity index (χ0n) is 72.6. The number of aliphatic hydroxyl groups is 1. The third-order valence-corrected chi connectivity index (χ3v) is 27.5. The van der Waals surface area contributed by atoms with Crippen molar-refractivity contribution >= 4 is 106 Å². The van der Waals surface area contributed by atoms with E-state index in [2.05, 4.69) is 70.9 Å². The zero-order valence-corrected chi connectivity index (χ0v) is 80.8. The number of aliphatic hydroxyl groups excluding tert-OH is 1. The molecule has 116 heavy (non-hydrogen) atoms. The van der Waals surface area contributed by atoms with Gasteiger partial charge in [-0.15, -0.1) is 0 Å². The fourth-order valence-corrected chi connectivity index (χ4v) is 19.7. The first-order chi connectivity index (χ1) is 51.9. The monoisotopic (exact) mass is 1900 g/mol. The van der Waals surface area contributed by atoms with Crippen LogP contribution in [-0.2, 0) is 119 Å². The van der Waals surface area contributed by atoms with E-state index >= 15 is 0 Å². The van der Waals surface area contributed by atoms with Crippen molar-refractivity contribution in [3.8, 4) is 0 Å². The molecule has 2 aliphatic rings. The third kappa shape index (κ3) is 97.4. The number of methoxy groups -OCH3 is 2. The molecule has 1 saturated heterocycles. The smallest absolute Gasteiger partial charge is 0.469 e. The molecule has 11 N–H and O–H groups in total. The van der Waals surface area contributed by atoms with Crippen LogP contribution >= 0.6 is 0 Å². The maximum absolute atomic E-state index is 11.6. The van der Waals surface area contributed by atoms with Gasteiger partial charge in [0.1, 0.15) is 0 Å². The number of nitrogens with one attached hydrogen (secondary N) is 10. The van der Waals surface area contributed by atoms with Gasteiger partial charge in [-0.2, -0.15) is 26.3 Å². The van der Waals surface area contributed by atoms with E-state index in [0.717, 1.165) is 71.6 Å². The van der Waals surface area contributed by atoms with E-state index in [1.54, 1.807) is 76.2 Å². The van der Waals surface area contributed by atoms with Gasteiger partial charge in [0.25, 0.3) is 0 Å². The molecule has 710 valence electrons. The molecule has 0 spiro atoms. The Hall–Kier alpha value is -2.05. The Morgan fingerprint density at radius 2 is 0.767 bits per heavy atom. The second kappa shape index (κ2) is 64.7. The van der Waals surface area contributed by atoms with Crippen LogP contribution in [0.1, 0.15) is 198 Å². The molecule has 2 rings (SSSR count). The van der Waals surface area contributed by atoms with Crippen LogP contribution < -0.4 is 47.2 Å². The van der Waals surface area contributed by atoms with E-state index in [1.165, 1.54) is 46.6 Å². The quantitative estimate of drug-likeness (QED) is 0.0309. The lowest BCUT2D eigenvalue weighted by atomic mass is 10.4. The fourth-order valence-electron chi connectivity index (χ4n) is 7.85. The SMILES string of the molecule is CC(C)NS(=O)(=O)C(F)(F)F.CC(C)NS(=O)(=O)C1CC1.CC(C)NS(=O)(=O)CC(F)(F)F.CC(C)NS(=O)(=O)CCCN1CCOCC1.CC(C)NS(=O)(=O)CCCO.CC(C)NS(C)(=O)=O.CCN(CC)CCCS(=O)(=O)NC(C)C.CCS(=O)(=O)NC(C)C.COC(=O)CCS(=O)(=O)NC(C)C.COCCS(=O)(=O)NC(C)C. The van der Waals surface area contributed by atoms with Gasteiger partial charge in [-0.1, -0.05) is 13.8 Å². The number of nitrogens with zero attached hydrogens (tertiary/aromatic N) is 2. The standard InChI is InChI=1S/C10H22N2O3S.C10H24N2O2S.C7H15NO4S.2C6H15NO3S.C6H13NO2S.C5H10F3NO2S.C5H13NO2S.C4H8F3NO2S.C4H11NO2S/c1-10(2)11-16(13,14)9-3-4-12-5-7-15-8-6-12;1-5-12(6-2)8-7-9-15(13,14)11-10(3)4;1-6(2)8-13(10,11)5-4-7(9)12-3;1-6(2)7-11(8,9)5-4-10-3;1-6(2)7-11(9,10)5-3-4-8;1-5(2)7-10(8,9)6-3-4-6;1-4(2)9-12(10,11)3-5(6,7)8;1-4-9(7,8)6-5(2)3;1-3(2)8-11(9,10)4(5,6)7;1-4(2)5-8(3,6)7/h10-11H,3-9H2,1-2H3;10-11H,5-9H2,1-4H3;6,8H,4-5H2,1-3H3;6-7H,4-5H2,1-3H3;6-8H,3-5H2,1-2H3;5-7H,3-4H2,1-2H3;4,9H,3H2,1-2H3;5-6H,4H2,1-3H3;3,8H,1-2H3;4-5H,1-3H3. The Labute approximate surface area is 694 Å². The molecule has 0 aromatic heterocycles. The molecule has 0 unspecified atom stereocenters. The first-order valence-electron chi connectivity index (χ1n) is 37.3. The van der Waals surface area contributed by atoms with Crippen molar-refractivity contribution in [1.82, 2.24) is 57.0 Å². The lowest BCUT2D eigenvalue weighted by Crippen LogP contribution is -2.40. The van der Waals surface area contributed by atoms with Gasteiger partial charge in [-0.25, -0.2) is 131 Å². The molecule has 0 radical (unpaired) electrons. The van der Waals surface area contributed by atoms with Crippen LogP contribution in [0.5, 0.6) is 0 Å². The van der Waals surface area contributed by atoms with Gasteiger partial charge >= 0.3 is 27.7 Å². The maximum atomic E-state index is 11.6. The third-order valence-electron chi connectivity index (χ3n) is 11.9. The number of carbonyl (C=O) groups is 1. The van der Waals surface area contributed by atoms with E-state index in [9.17, 15) is 115 Å². The van der Waals surface area contributed by atoms with Crippen molar-refractivity contribution in [2.45, 2.75) is 275 Å². The highest BCUT2D eigenvalue weighted by Gasteiger charge is 2.46. The van der Waals surface area contributed by atoms with Gasteiger partial charge in [0.15, 0.2) is 5.75 Å². The minimum Gasteiger partial charge on any atom is -0.469 e. The summed E-state index contributed by atoms with van der Waals surface area (Å²) in [5, 5.41) is 8.28. The summed E-state index contributed by atoms with van der Waals surface area (Å²) < 4.78 is 325. The predicted molar refractivity (Wildman–Crippen MR) is 447 cm³/mol. The minimum atomic E-state index is -5.21. The van der Waals surface area contributed by atoms with E-state index in [0.29, 0.717) is 19.3 Å². The van der Waals surface area contributed by atoms with Crippen LogP contribution in [-0.4, -0.2) is 309 Å². The molecule has 53 heteroatoms. The molecule has 0 atom stereocenters. The van der Waals surface area contributed by atoms with Gasteiger partial charge in [0.05, 0.1) is 79.4 Å². The number of hydrogen-bond acceptors (Lipinski definition) is 27. The fraction of sp³-hybridized carbons (Fsp3) is 0.984. The number of hydrogen-bond donors (Lipinski definition) is 11. The Bertz CT molecular complexity index is 3700. The number of ether oxygens (including phenoxy) is 3. The number of halogens is 6. The van der Waals surface area contributed by atoms with E-state index in [1.807, 2.05) is 46.3 Å². The zero-order chi connectivity index (χ0) is 93.5. The van der Waals surface area contributed by atoms with Crippen LogP contribution in [0.2, 0.25) is 0 Å². The molecule has 1 aliphatic carbocycles. The Morgan fingerprint density at radius 3 is 1.03 bits per heavy atom. The Balaban J connectivity index is -0.000000187. The van der Waals surface area contributed by atoms with Crippen LogP contribution in [0.3, 0.4) is 0 Å². The normalized spacial score (nSPS) is 14.2. The van der Waals surface area contributed by atoms with Gasteiger partial charge in [0, 0.05) is 87.2 Å². The lowest BCUT2D eigenvalue weighted by Gasteiger charge is -2.26. The first-order valence-corrected chi connectivity index (χ1v) is 53.7. The van der Waals surface area contributed by atoms with Crippen molar-refractivity contribution < 1.29 is 135 Å². The van der Waals surface area contributed by atoms with Gasteiger partial charge in [0.2, 0.25) is 90.2 Å². The summed E-state index contributed by atoms with van der Waals surface area (Å²) in [7, 11) is -31.3. The molecule has 0 bridgehead atoms. The number of esters is 1. The van der Waals surface area contributed by atoms with E-state index in [4.69, 9.17) is 9.84 Å². The van der Waals surface area contributed by atoms with E-state index < -0.39 is 136 Å². The topological polar surface area (TPSA) is 533 Å². The highest BCUT2D eigenvalue weighted by Crippen LogP contribution is 2.27. The molecular weight excluding hydrogens is 1760 g/mol. The molecule has 37 nitrogen and oxygen atoms in total. The second-order valence-corrected chi connectivity index (χ2v) is 47.3. The second-order valence-electron chi connectivity index (χ2n) is 28.6. The molecule has 1 saturated carbocycles. The summed E-state index contributed by atoms with van der Waals surface area (Å²) in [6.45, 7) is 47.1. The van der Waals surface area contributed by atoms with Crippen molar-refractivity contribution in [2.75, 3.05) is 126 Å². The first kappa shape index (κ1) is 130. The van der Waals surface area contributed by atoms with Crippen molar-refractivity contribution in [3.05, 3.63) is 0 Å². The summed E-state index contributed by atoms with van der Waals surface area (Å²) in [5.74, 6) is -1.94. The highest BCUT2D eigenvalue weighted by atomic mass is 32.2. The molecule has 1 heterocycles. The summed E-state index contributed by atoms with van der Waals surface area (Å²) in [6.07, 6.45) is -0.301. The lowest BCUT2D eigenvalue weighted by molar-refractivity contribution is -0.140. The summed E-state index contributed by atoms with van der Waals surface area (Å²) in [6, 6.07) is -1.51. The molecule has 0 aromatic rings. The minimum absolute atomic E-state index is 0.00167. The van der Waals surface area contributed by atoms with E-state index in [-0.39, 0.29) is 108 Å². The van der Waals surface area contributed by atoms with Crippen molar-refractivity contribution in [3.63, 3.8) is 0 Å². The van der Waals surface area contributed by atoms with Crippen LogP contribution in [0.15, 0.2) is 0 Å². The predicted octanol–water partition coefficient (Wildman–Crippen LogP) is 3.08. The Kier molecular flexibility index (Phi) is 72.2. The van der Waals surface area contributed by atoms with Gasteiger partial charge < -0.3 is 24.2 Å². The van der Waals surface area contributed by atoms with Crippen molar-refractivity contribution in [2.24, 2.45) is 0 Å². The number of sulfonamides is 10. The maximum Gasteiger partial charge on any atom is 0.511 e. The number of alkyl halides is 6. The molecule has 0 aromatic carbocycles. The highest BCUT2D eigenvalue weighted by molar-refractivity contribution is 7.92. The average Bonchev–Trinajstić information content (AvgIpc) is 1.87. The average molecular weight is 1910 g/mol. The molecule has 1 aliphatic heterocycles. The molecular formula is C63H146F6N12O25S10. The summed E-state index contributed by atoms with van der Waals surface area (Å²) >= 11 is 0. The molecule has 2 fully saturated rings. The van der Waals surface area contributed by atoms with Crippen LogP contribution in [0.4, 0.5) is 26.3 Å². The van der Waals surface area contributed by atoms with Crippen molar-refractivity contribution in [1.29, 1.82) is 0 Å². The summed E-state index contributed by atoms with van der Waals surface area (Å²) in [4.78, 5) is 15.1. The molecule has 0 amide bonds. The van der Waals surface area contributed by atoms with Gasteiger partial charge in [-0.3, -0.25) is 9.69 Å². The largest absolute Gasteiger partial charge is 0.511 e. The summed E-state index contributed by atoms with van der Waals surface area (Å²) in [5.41, 5.74) is -5.21. The van der Waals surface area contributed by atoms with Gasteiger partial charge in [-0.05, 0) is 204 Å².